The van der Waals surface area contributed by atoms with Crippen molar-refractivity contribution in [1.29, 1.82) is 0 Å². The summed E-state index contributed by atoms with van der Waals surface area (Å²) in [5.41, 5.74) is 2.01. The predicted octanol–water partition coefficient (Wildman–Crippen LogP) is 4.89. The summed E-state index contributed by atoms with van der Waals surface area (Å²) in [4.78, 5) is 16.2. The van der Waals surface area contributed by atoms with E-state index >= 15 is 0 Å². The third kappa shape index (κ3) is 4.86. The molecule has 0 unspecified atom stereocenters. The van der Waals surface area contributed by atoms with E-state index in [2.05, 4.69) is 4.98 Å². The molecule has 2 aromatic carbocycles. The maximum Gasteiger partial charge on any atom is 0.316 e. The minimum Gasteiger partial charge on any atom is -0.465 e. The summed E-state index contributed by atoms with van der Waals surface area (Å²) in [5.74, 6) is -0.202. The highest BCUT2D eigenvalue weighted by molar-refractivity contribution is 8.01. The molecule has 1 aromatic heterocycles. The van der Waals surface area contributed by atoms with Crippen LogP contribution in [-0.4, -0.2) is 31.7 Å². The molecule has 0 aliphatic rings. The lowest BCUT2D eigenvalue weighted by molar-refractivity contribution is -0.139. The summed E-state index contributed by atoms with van der Waals surface area (Å²) in [5, 5.41) is 0.433. The minimum atomic E-state index is -3.52. The van der Waals surface area contributed by atoms with Gasteiger partial charge in [-0.1, -0.05) is 35.5 Å². The van der Waals surface area contributed by atoms with Crippen molar-refractivity contribution in [3.63, 3.8) is 0 Å². The fourth-order valence-corrected chi connectivity index (χ4v) is 6.44. The summed E-state index contributed by atoms with van der Waals surface area (Å²) in [7, 11) is -3.52. The molecule has 0 aliphatic heterocycles. The van der Waals surface area contributed by atoms with Gasteiger partial charge in [0, 0.05) is 5.02 Å². The number of fused-ring (bicyclic) bond motifs is 1. The third-order valence-corrected chi connectivity index (χ3v) is 8.33. The molecule has 0 aliphatic carbocycles. The van der Waals surface area contributed by atoms with Gasteiger partial charge in [0.15, 0.2) is 14.2 Å². The summed E-state index contributed by atoms with van der Waals surface area (Å²) in [6, 6.07) is 10.3. The van der Waals surface area contributed by atoms with Crippen LogP contribution in [0.15, 0.2) is 45.6 Å². The number of hydrogen-bond acceptors (Lipinski definition) is 7. The third-order valence-electron chi connectivity index (χ3n) is 3.96. The highest BCUT2D eigenvalue weighted by atomic mass is 35.5. The number of ether oxygens (including phenoxy) is 1. The highest BCUT2D eigenvalue weighted by Gasteiger charge is 2.19. The lowest BCUT2D eigenvalue weighted by atomic mass is 10.2. The van der Waals surface area contributed by atoms with E-state index in [0.29, 0.717) is 22.8 Å². The molecule has 0 amide bonds. The molecule has 1 heterocycles. The monoisotopic (exact) mass is 455 g/mol. The Kier molecular flexibility index (Phi) is 6.65. The Morgan fingerprint density at radius 3 is 2.82 bits per heavy atom. The second-order valence-corrected chi connectivity index (χ2v) is 10.6. The number of aromatic nitrogens is 1. The second kappa shape index (κ2) is 8.82. The smallest absolute Gasteiger partial charge is 0.316 e. The van der Waals surface area contributed by atoms with Crippen molar-refractivity contribution >= 4 is 60.7 Å². The Labute approximate surface area is 177 Å². The Morgan fingerprint density at radius 2 is 2.07 bits per heavy atom. The van der Waals surface area contributed by atoms with Crippen molar-refractivity contribution in [3.05, 3.63) is 52.5 Å². The van der Waals surface area contributed by atoms with Crippen molar-refractivity contribution in [2.45, 2.75) is 28.8 Å². The van der Waals surface area contributed by atoms with Gasteiger partial charge in [0.1, 0.15) is 0 Å². The molecule has 0 spiro atoms. The van der Waals surface area contributed by atoms with Crippen molar-refractivity contribution in [2.75, 3.05) is 12.4 Å². The first-order chi connectivity index (χ1) is 13.3. The lowest BCUT2D eigenvalue weighted by Gasteiger charge is -2.09. The zero-order chi connectivity index (χ0) is 20.3. The second-order valence-electron chi connectivity index (χ2n) is 6.00. The normalized spacial score (nSPS) is 11.7. The van der Waals surface area contributed by atoms with E-state index in [1.165, 1.54) is 23.1 Å². The van der Waals surface area contributed by atoms with Crippen LogP contribution in [0.25, 0.3) is 10.2 Å². The van der Waals surface area contributed by atoms with E-state index in [0.717, 1.165) is 14.6 Å². The van der Waals surface area contributed by atoms with Gasteiger partial charge in [-0.2, -0.15) is 0 Å². The van der Waals surface area contributed by atoms with Gasteiger partial charge >= 0.3 is 5.97 Å². The largest absolute Gasteiger partial charge is 0.465 e. The number of carbonyl (C=O) groups is 1. The number of rotatable bonds is 7. The molecule has 0 N–H and O–H groups in total. The van der Waals surface area contributed by atoms with Gasteiger partial charge in [0.05, 0.1) is 33.2 Å². The van der Waals surface area contributed by atoms with Crippen molar-refractivity contribution in [2.24, 2.45) is 0 Å². The van der Waals surface area contributed by atoms with Gasteiger partial charge in [0.2, 0.25) is 0 Å². The van der Waals surface area contributed by atoms with E-state index in [4.69, 9.17) is 16.3 Å². The zero-order valence-electron chi connectivity index (χ0n) is 15.3. The number of thiazole rings is 1. The Bertz CT molecular complexity index is 1130. The van der Waals surface area contributed by atoms with Gasteiger partial charge in [-0.25, -0.2) is 13.4 Å². The Hall–Kier alpha value is -1.61. The van der Waals surface area contributed by atoms with Crippen LogP contribution < -0.4 is 0 Å². The van der Waals surface area contributed by atoms with E-state index in [-0.39, 0.29) is 22.4 Å². The molecule has 0 fully saturated rings. The van der Waals surface area contributed by atoms with E-state index < -0.39 is 9.84 Å². The molecule has 28 heavy (non-hydrogen) atoms. The van der Waals surface area contributed by atoms with E-state index in [1.54, 1.807) is 44.2 Å². The fraction of sp³-hybridized carbons (Fsp3) is 0.263. The van der Waals surface area contributed by atoms with Crippen LogP contribution >= 0.6 is 34.7 Å². The minimum absolute atomic E-state index is 0.118. The summed E-state index contributed by atoms with van der Waals surface area (Å²) in [6.45, 7) is 3.82. The van der Waals surface area contributed by atoms with Crippen LogP contribution in [0.4, 0.5) is 0 Å². The van der Waals surface area contributed by atoms with E-state index in [9.17, 15) is 13.2 Å². The van der Waals surface area contributed by atoms with Crippen LogP contribution in [0.1, 0.15) is 18.1 Å². The molecule has 0 saturated carbocycles. The average molecular weight is 456 g/mol. The van der Waals surface area contributed by atoms with Gasteiger partial charge in [-0.15, -0.1) is 11.3 Å². The molecule has 0 radical (unpaired) electrons. The molecule has 9 heteroatoms. The quantitative estimate of drug-likeness (QED) is 0.373. The standard InChI is InChI=1S/C19H18ClNO4S3/c1-3-25-18(22)10-26-19-21-15-8-7-13(9-16(15)27-19)11-28(23,24)17-6-4-5-14(20)12(17)2/h4-9H,3,10-11H2,1-2H3. The van der Waals surface area contributed by atoms with Crippen molar-refractivity contribution in [3.8, 4) is 0 Å². The molecule has 148 valence electrons. The number of hydrogen-bond donors (Lipinski definition) is 0. The SMILES string of the molecule is CCOC(=O)CSc1nc2ccc(CS(=O)(=O)c3cccc(Cl)c3C)cc2s1. The molecule has 0 bridgehead atoms. The predicted molar refractivity (Wildman–Crippen MR) is 114 cm³/mol. The Balaban J connectivity index is 1.80. The van der Waals surface area contributed by atoms with Gasteiger partial charge in [-0.05, 0) is 49.2 Å². The molecule has 0 atom stereocenters. The molecule has 0 saturated heterocycles. The molecule has 3 rings (SSSR count). The zero-order valence-corrected chi connectivity index (χ0v) is 18.5. The summed E-state index contributed by atoms with van der Waals surface area (Å²) >= 11 is 8.81. The summed E-state index contributed by atoms with van der Waals surface area (Å²) < 4.78 is 32.2. The van der Waals surface area contributed by atoms with Crippen LogP contribution in [-0.2, 0) is 25.1 Å². The van der Waals surface area contributed by atoms with Crippen LogP contribution in [0.5, 0.6) is 0 Å². The van der Waals surface area contributed by atoms with Crippen molar-refractivity contribution < 1.29 is 17.9 Å². The van der Waals surface area contributed by atoms with Crippen LogP contribution in [0.3, 0.4) is 0 Å². The number of nitrogens with zero attached hydrogens (tertiary/aromatic N) is 1. The number of esters is 1. The maximum absolute atomic E-state index is 12.8. The number of thioether (sulfide) groups is 1. The molecular formula is C19H18ClNO4S3. The van der Waals surface area contributed by atoms with Crippen molar-refractivity contribution in [1.82, 2.24) is 4.98 Å². The lowest BCUT2D eigenvalue weighted by Crippen LogP contribution is -2.07. The first kappa shape index (κ1) is 21.1. The van der Waals surface area contributed by atoms with E-state index in [1.807, 2.05) is 6.07 Å². The molecule has 5 nitrogen and oxygen atoms in total. The molecular weight excluding hydrogens is 438 g/mol. The first-order valence-corrected chi connectivity index (χ1v) is 12.3. The van der Waals surface area contributed by atoms with Gasteiger partial charge in [-0.3, -0.25) is 4.79 Å². The maximum atomic E-state index is 12.8. The topological polar surface area (TPSA) is 73.3 Å². The first-order valence-electron chi connectivity index (χ1n) is 8.46. The average Bonchev–Trinajstić information content (AvgIpc) is 3.04. The number of sulfone groups is 1. The fourth-order valence-electron chi connectivity index (χ4n) is 2.64. The van der Waals surface area contributed by atoms with Crippen LogP contribution in [0.2, 0.25) is 5.02 Å². The van der Waals surface area contributed by atoms with Gasteiger partial charge in [0.25, 0.3) is 0 Å². The summed E-state index contributed by atoms with van der Waals surface area (Å²) in [6.07, 6.45) is 0. The number of halogens is 1. The molecule has 3 aromatic rings. The van der Waals surface area contributed by atoms with Crippen LogP contribution in [0, 0.1) is 6.92 Å². The highest BCUT2D eigenvalue weighted by Crippen LogP contribution is 2.31. The number of carbonyl (C=O) groups excluding carboxylic acids is 1. The number of benzene rings is 2. The Morgan fingerprint density at radius 1 is 1.29 bits per heavy atom. The van der Waals surface area contributed by atoms with Gasteiger partial charge < -0.3 is 4.74 Å².